The monoisotopic (exact) mass is 292 g/mol. The Kier molecular flexibility index (Phi) is 2.83. The zero-order chi connectivity index (χ0) is 14.7. The number of carbonyl (C=O) groups is 2. The van der Waals surface area contributed by atoms with Gasteiger partial charge < -0.3 is 4.90 Å². The number of fused-ring (bicyclic) bond motifs is 1. The molecule has 1 atom stereocenters. The molecule has 0 saturated carbocycles. The molecule has 1 aliphatic heterocycles. The standard InChI is InChI=1S/C15H17ClN2O2/c1-15(2)13(19)18(14(20)17(15)3)12-7-4-9-8-10(16)5-6-11(9)12/h5-6,8,12H,4,7H2,1-3H3/t12-/m0/s1. The molecule has 0 unspecified atom stereocenters. The number of halogens is 1. The van der Waals surface area contributed by atoms with Gasteiger partial charge in [-0.3, -0.25) is 9.69 Å². The van der Waals surface area contributed by atoms with Crippen LogP contribution in [-0.2, 0) is 11.2 Å². The summed E-state index contributed by atoms with van der Waals surface area (Å²) in [5.41, 5.74) is 1.41. The van der Waals surface area contributed by atoms with E-state index >= 15 is 0 Å². The number of benzene rings is 1. The average molecular weight is 293 g/mol. The molecule has 106 valence electrons. The number of amides is 3. The summed E-state index contributed by atoms with van der Waals surface area (Å²) in [6.07, 6.45) is 1.62. The largest absolute Gasteiger partial charge is 0.327 e. The summed E-state index contributed by atoms with van der Waals surface area (Å²) in [5, 5.41) is 0.695. The predicted molar refractivity (Wildman–Crippen MR) is 76.6 cm³/mol. The molecule has 0 aromatic heterocycles. The molecular weight excluding hydrogens is 276 g/mol. The van der Waals surface area contributed by atoms with Gasteiger partial charge in [-0.05, 0) is 49.9 Å². The summed E-state index contributed by atoms with van der Waals surface area (Å²) in [7, 11) is 1.68. The molecule has 20 heavy (non-hydrogen) atoms. The Balaban J connectivity index is 2.01. The number of nitrogens with zero attached hydrogens (tertiary/aromatic N) is 2. The van der Waals surface area contributed by atoms with E-state index in [4.69, 9.17) is 11.6 Å². The van der Waals surface area contributed by atoms with Crippen molar-refractivity contribution in [2.75, 3.05) is 7.05 Å². The number of aryl methyl sites for hydroxylation is 1. The van der Waals surface area contributed by atoms with Gasteiger partial charge in [0.25, 0.3) is 5.91 Å². The second-order valence-corrected chi connectivity index (χ2v) is 6.41. The fourth-order valence-corrected chi connectivity index (χ4v) is 3.23. The minimum atomic E-state index is -0.772. The highest BCUT2D eigenvalue weighted by atomic mass is 35.5. The van der Waals surface area contributed by atoms with Gasteiger partial charge in [0.15, 0.2) is 0 Å². The van der Waals surface area contributed by atoms with Crippen LogP contribution in [0.3, 0.4) is 0 Å². The number of likely N-dealkylation sites (N-methyl/N-ethyl adjacent to an activating group) is 1. The predicted octanol–water partition coefficient (Wildman–Crippen LogP) is 3.00. The zero-order valence-corrected chi connectivity index (χ0v) is 12.6. The smallest absolute Gasteiger partial charge is 0.313 e. The molecule has 5 heteroatoms. The quantitative estimate of drug-likeness (QED) is 0.747. The number of hydrogen-bond acceptors (Lipinski definition) is 2. The third-order valence-corrected chi connectivity index (χ3v) is 4.77. The van der Waals surface area contributed by atoms with E-state index in [0.29, 0.717) is 5.02 Å². The molecule has 3 rings (SSSR count). The van der Waals surface area contributed by atoms with Gasteiger partial charge in [0.05, 0.1) is 6.04 Å². The fraction of sp³-hybridized carbons (Fsp3) is 0.467. The summed E-state index contributed by atoms with van der Waals surface area (Å²) in [5.74, 6) is -0.127. The van der Waals surface area contributed by atoms with Crippen molar-refractivity contribution in [2.24, 2.45) is 0 Å². The molecule has 0 radical (unpaired) electrons. The third kappa shape index (κ3) is 1.67. The minimum absolute atomic E-state index is 0.127. The molecule has 0 spiro atoms. The highest BCUT2D eigenvalue weighted by Gasteiger charge is 2.52. The first-order chi connectivity index (χ1) is 9.34. The van der Waals surface area contributed by atoms with Crippen LogP contribution in [0.25, 0.3) is 0 Å². The third-order valence-electron chi connectivity index (χ3n) is 4.54. The Morgan fingerprint density at radius 1 is 1.30 bits per heavy atom. The number of rotatable bonds is 1. The summed E-state index contributed by atoms with van der Waals surface area (Å²) < 4.78 is 0. The molecular formula is C15H17ClN2O2. The molecule has 0 N–H and O–H groups in total. The maximum Gasteiger partial charge on any atom is 0.327 e. The molecule has 1 fully saturated rings. The SMILES string of the molecule is CN1C(=O)N([C@H]2CCc3cc(Cl)ccc32)C(=O)C1(C)C. The first kappa shape index (κ1) is 13.4. The van der Waals surface area contributed by atoms with Crippen LogP contribution in [-0.4, -0.2) is 34.3 Å². The second kappa shape index (κ2) is 4.22. The van der Waals surface area contributed by atoms with Gasteiger partial charge in [-0.1, -0.05) is 17.7 Å². The van der Waals surface area contributed by atoms with E-state index in [9.17, 15) is 9.59 Å². The van der Waals surface area contributed by atoms with E-state index in [1.165, 1.54) is 9.80 Å². The van der Waals surface area contributed by atoms with E-state index in [1.54, 1.807) is 20.9 Å². The molecule has 1 aliphatic carbocycles. The highest BCUT2D eigenvalue weighted by Crippen LogP contribution is 2.41. The zero-order valence-electron chi connectivity index (χ0n) is 11.8. The molecule has 1 heterocycles. The van der Waals surface area contributed by atoms with Crippen molar-refractivity contribution in [1.29, 1.82) is 0 Å². The van der Waals surface area contributed by atoms with Crippen LogP contribution in [0.15, 0.2) is 18.2 Å². The number of imide groups is 1. The van der Waals surface area contributed by atoms with Crippen molar-refractivity contribution >= 4 is 23.5 Å². The number of hydrogen-bond donors (Lipinski definition) is 0. The minimum Gasteiger partial charge on any atom is -0.313 e. The van der Waals surface area contributed by atoms with E-state index in [1.807, 2.05) is 18.2 Å². The van der Waals surface area contributed by atoms with E-state index in [-0.39, 0.29) is 18.0 Å². The van der Waals surface area contributed by atoms with Crippen LogP contribution in [0.1, 0.15) is 37.4 Å². The lowest BCUT2D eigenvalue weighted by Crippen LogP contribution is -2.41. The first-order valence-electron chi connectivity index (χ1n) is 6.74. The number of carbonyl (C=O) groups excluding carboxylic acids is 2. The Labute approximate surface area is 123 Å². The topological polar surface area (TPSA) is 40.6 Å². The molecule has 4 nitrogen and oxygen atoms in total. The maximum absolute atomic E-state index is 12.5. The van der Waals surface area contributed by atoms with Gasteiger partial charge in [0.2, 0.25) is 0 Å². The Morgan fingerprint density at radius 3 is 2.60 bits per heavy atom. The van der Waals surface area contributed by atoms with Gasteiger partial charge in [-0.25, -0.2) is 4.79 Å². The maximum atomic E-state index is 12.5. The fourth-order valence-electron chi connectivity index (χ4n) is 3.03. The molecule has 3 amide bonds. The molecule has 0 bridgehead atoms. The van der Waals surface area contributed by atoms with Gasteiger partial charge >= 0.3 is 6.03 Å². The van der Waals surface area contributed by atoms with Crippen molar-refractivity contribution in [3.05, 3.63) is 34.3 Å². The molecule has 2 aliphatic rings. The van der Waals surface area contributed by atoms with Gasteiger partial charge in [0.1, 0.15) is 5.54 Å². The van der Waals surface area contributed by atoms with Crippen LogP contribution < -0.4 is 0 Å². The Morgan fingerprint density at radius 2 is 2.00 bits per heavy atom. The summed E-state index contributed by atoms with van der Waals surface area (Å²) in [6, 6.07) is 5.30. The van der Waals surface area contributed by atoms with Crippen LogP contribution in [0.4, 0.5) is 4.79 Å². The van der Waals surface area contributed by atoms with Gasteiger partial charge in [-0.15, -0.1) is 0 Å². The van der Waals surface area contributed by atoms with Crippen molar-refractivity contribution in [3.8, 4) is 0 Å². The Hall–Kier alpha value is -1.55. The van der Waals surface area contributed by atoms with Crippen LogP contribution in [0.2, 0.25) is 5.02 Å². The average Bonchev–Trinajstić information content (AvgIpc) is 2.85. The van der Waals surface area contributed by atoms with Crippen LogP contribution >= 0.6 is 11.6 Å². The van der Waals surface area contributed by atoms with Crippen molar-refractivity contribution in [3.63, 3.8) is 0 Å². The molecule has 1 saturated heterocycles. The number of urea groups is 1. The van der Waals surface area contributed by atoms with Crippen LogP contribution in [0.5, 0.6) is 0 Å². The van der Waals surface area contributed by atoms with Crippen molar-refractivity contribution in [2.45, 2.75) is 38.3 Å². The van der Waals surface area contributed by atoms with Crippen molar-refractivity contribution in [1.82, 2.24) is 9.80 Å². The highest BCUT2D eigenvalue weighted by molar-refractivity contribution is 6.30. The van der Waals surface area contributed by atoms with Crippen LogP contribution in [0, 0.1) is 0 Å². The normalized spacial score (nSPS) is 24.5. The lowest BCUT2D eigenvalue weighted by Gasteiger charge is -2.23. The molecule has 1 aromatic rings. The first-order valence-corrected chi connectivity index (χ1v) is 7.11. The van der Waals surface area contributed by atoms with Gasteiger partial charge in [0, 0.05) is 12.1 Å². The van der Waals surface area contributed by atoms with Crippen molar-refractivity contribution < 1.29 is 9.59 Å². The van der Waals surface area contributed by atoms with E-state index in [0.717, 1.165) is 24.0 Å². The summed E-state index contributed by atoms with van der Waals surface area (Å²) >= 11 is 6.00. The van der Waals surface area contributed by atoms with Gasteiger partial charge in [-0.2, -0.15) is 0 Å². The Bertz CT molecular complexity index is 612. The summed E-state index contributed by atoms with van der Waals surface area (Å²) in [4.78, 5) is 27.9. The van der Waals surface area contributed by atoms with E-state index < -0.39 is 5.54 Å². The lowest BCUT2D eigenvalue weighted by atomic mass is 10.0. The lowest BCUT2D eigenvalue weighted by molar-refractivity contribution is -0.133. The molecule has 1 aromatic carbocycles. The summed E-state index contributed by atoms with van der Waals surface area (Å²) in [6.45, 7) is 3.57. The second-order valence-electron chi connectivity index (χ2n) is 5.97. The van der Waals surface area contributed by atoms with E-state index in [2.05, 4.69) is 0 Å².